The Hall–Kier alpha value is -1.90. The Kier molecular flexibility index (Phi) is 5.14. The van der Waals surface area contributed by atoms with E-state index in [1.807, 2.05) is 18.0 Å². The van der Waals surface area contributed by atoms with Crippen LogP contribution in [0.4, 0.5) is 5.69 Å². The molecule has 0 aliphatic heterocycles. The minimum atomic E-state index is -0.115. The van der Waals surface area contributed by atoms with Crippen molar-refractivity contribution < 1.29 is 4.79 Å². The average molecular weight is 232 g/mol. The maximum absolute atomic E-state index is 11.6. The van der Waals surface area contributed by atoms with Crippen LogP contribution >= 0.6 is 0 Å². The van der Waals surface area contributed by atoms with Crippen LogP contribution in [0.1, 0.15) is 5.56 Å². The molecule has 0 saturated heterocycles. The van der Waals surface area contributed by atoms with Gasteiger partial charge in [0.2, 0.25) is 5.91 Å². The van der Waals surface area contributed by atoms with Gasteiger partial charge in [0.05, 0.1) is 18.2 Å². The van der Waals surface area contributed by atoms with Crippen LogP contribution in [-0.4, -0.2) is 37.5 Å². The molecule has 0 unspecified atom stereocenters. The lowest BCUT2D eigenvalue weighted by molar-refractivity contribution is -0.117. The Morgan fingerprint density at radius 2 is 2.35 bits per heavy atom. The van der Waals surface area contributed by atoms with Crippen molar-refractivity contribution in [2.45, 2.75) is 0 Å². The van der Waals surface area contributed by atoms with Gasteiger partial charge in [-0.3, -0.25) is 9.69 Å². The van der Waals surface area contributed by atoms with Gasteiger partial charge in [0.15, 0.2) is 0 Å². The van der Waals surface area contributed by atoms with Crippen LogP contribution in [0, 0.1) is 11.3 Å². The van der Waals surface area contributed by atoms with Crippen molar-refractivity contribution in [2.75, 3.05) is 32.0 Å². The second kappa shape index (κ2) is 6.63. The highest BCUT2D eigenvalue weighted by Gasteiger charge is 2.06. The number of hydrogen-bond donors (Lipinski definition) is 2. The van der Waals surface area contributed by atoms with Crippen LogP contribution in [0.5, 0.6) is 0 Å². The minimum absolute atomic E-state index is 0.115. The highest BCUT2D eigenvalue weighted by molar-refractivity contribution is 5.92. The number of anilines is 1. The molecule has 0 aromatic heterocycles. The zero-order valence-electron chi connectivity index (χ0n) is 9.81. The Bertz CT molecular complexity index is 425. The van der Waals surface area contributed by atoms with Crippen LogP contribution < -0.4 is 11.1 Å². The molecule has 0 spiro atoms. The fraction of sp³-hybridized carbons (Fsp3) is 0.333. The molecule has 1 amide bonds. The SMILES string of the molecule is CN(CCN)CC(=O)Nc1cccc(C#N)c1. The first-order valence-corrected chi connectivity index (χ1v) is 5.34. The first-order chi connectivity index (χ1) is 8.15. The summed E-state index contributed by atoms with van der Waals surface area (Å²) in [5, 5.41) is 11.5. The van der Waals surface area contributed by atoms with Gasteiger partial charge in [-0.15, -0.1) is 0 Å². The van der Waals surface area contributed by atoms with Gasteiger partial charge < -0.3 is 11.1 Å². The lowest BCUT2D eigenvalue weighted by Gasteiger charge is -2.14. The summed E-state index contributed by atoms with van der Waals surface area (Å²) in [6.45, 7) is 1.48. The number of nitrogens with one attached hydrogen (secondary N) is 1. The maximum Gasteiger partial charge on any atom is 0.238 e. The van der Waals surface area contributed by atoms with Gasteiger partial charge in [0, 0.05) is 18.8 Å². The molecule has 1 rings (SSSR count). The molecule has 17 heavy (non-hydrogen) atoms. The number of amides is 1. The molecule has 0 saturated carbocycles. The van der Waals surface area contributed by atoms with Crippen molar-refractivity contribution >= 4 is 11.6 Å². The first kappa shape index (κ1) is 13.2. The second-order valence-electron chi connectivity index (χ2n) is 3.77. The summed E-state index contributed by atoms with van der Waals surface area (Å²) in [7, 11) is 1.83. The highest BCUT2D eigenvalue weighted by Crippen LogP contribution is 2.09. The van der Waals surface area contributed by atoms with E-state index in [1.54, 1.807) is 24.3 Å². The monoisotopic (exact) mass is 232 g/mol. The molecule has 5 nitrogen and oxygen atoms in total. The highest BCUT2D eigenvalue weighted by atomic mass is 16.2. The molecule has 90 valence electrons. The summed E-state index contributed by atoms with van der Waals surface area (Å²) in [5.74, 6) is -0.115. The summed E-state index contributed by atoms with van der Waals surface area (Å²) in [6, 6.07) is 8.84. The van der Waals surface area contributed by atoms with E-state index >= 15 is 0 Å². The van der Waals surface area contributed by atoms with Crippen molar-refractivity contribution in [1.82, 2.24) is 4.90 Å². The topological polar surface area (TPSA) is 82.2 Å². The minimum Gasteiger partial charge on any atom is -0.329 e. The predicted octanol–water partition coefficient (Wildman–Crippen LogP) is 0.387. The fourth-order valence-electron chi connectivity index (χ4n) is 1.41. The number of nitriles is 1. The van der Waals surface area contributed by atoms with Gasteiger partial charge in [-0.05, 0) is 25.2 Å². The van der Waals surface area contributed by atoms with E-state index in [0.29, 0.717) is 24.3 Å². The van der Waals surface area contributed by atoms with Crippen LogP contribution in [0.3, 0.4) is 0 Å². The Balaban J connectivity index is 2.53. The van der Waals surface area contributed by atoms with Crippen molar-refractivity contribution in [3.8, 4) is 6.07 Å². The van der Waals surface area contributed by atoms with Crippen molar-refractivity contribution in [1.29, 1.82) is 5.26 Å². The van der Waals surface area contributed by atoms with Gasteiger partial charge in [0.1, 0.15) is 0 Å². The van der Waals surface area contributed by atoms with Crippen molar-refractivity contribution in [3.05, 3.63) is 29.8 Å². The van der Waals surface area contributed by atoms with Crippen molar-refractivity contribution in [3.63, 3.8) is 0 Å². The van der Waals surface area contributed by atoms with Crippen molar-refractivity contribution in [2.24, 2.45) is 5.73 Å². The molecular weight excluding hydrogens is 216 g/mol. The Morgan fingerprint density at radius 1 is 1.59 bits per heavy atom. The molecule has 0 fully saturated rings. The Morgan fingerprint density at radius 3 is 3.00 bits per heavy atom. The molecule has 0 bridgehead atoms. The number of benzene rings is 1. The normalized spacial score (nSPS) is 10.0. The van der Waals surface area contributed by atoms with Gasteiger partial charge in [-0.25, -0.2) is 0 Å². The van der Waals surface area contributed by atoms with E-state index in [2.05, 4.69) is 5.32 Å². The van der Waals surface area contributed by atoms with E-state index < -0.39 is 0 Å². The van der Waals surface area contributed by atoms with E-state index in [4.69, 9.17) is 11.0 Å². The van der Waals surface area contributed by atoms with Crippen LogP contribution in [0.25, 0.3) is 0 Å². The molecule has 0 heterocycles. The predicted molar refractivity (Wildman–Crippen MR) is 66.3 cm³/mol. The molecule has 1 aromatic rings. The van der Waals surface area contributed by atoms with Crippen LogP contribution in [-0.2, 0) is 4.79 Å². The summed E-state index contributed by atoms with van der Waals surface area (Å²) in [5.41, 5.74) is 6.55. The van der Waals surface area contributed by atoms with Crippen LogP contribution in [0.2, 0.25) is 0 Å². The molecule has 0 aliphatic rings. The summed E-state index contributed by atoms with van der Waals surface area (Å²) >= 11 is 0. The van der Waals surface area contributed by atoms with E-state index in [-0.39, 0.29) is 12.5 Å². The van der Waals surface area contributed by atoms with Gasteiger partial charge in [-0.1, -0.05) is 6.07 Å². The zero-order chi connectivity index (χ0) is 12.7. The third-order valence-corrected chi connectivity index (χ3v) is 2.20. The average Bonchev–Trinajstić information content (AvgIpc) is 2.29. The van der Waals surface area contributed by atoms with Gasteiger partial charge in [0.25, 0.3) is 0 Å². The lowest BCUT2D eigenvalue weighted by atomic mass is 10.2. The molecule has 0 aliphatic carbocycles. The largest absolute Gasteiger partial charge is 0.329 e. The molecule has 5 heteroatoms. The summed E-state index contributed by atoms with van der Waals surface area (Å²) in [6.07, 6.45) is 0. The molecule has 1 aromatic carbocycles. The number of hydrogen-bond acceptors (Lipinski definition) is 4. The quantitative estimate of drug-likeness (QED) is 0.769. The number of carbonyl (C=O) groups is 1. The zero-order valence-corrected chi connectivity index (χ0v) is 9.81. The number of rotatable bonds is 5. The summed E-state index contributed by atoms with van der Waals surface area (Å²) in [4.78, 5) is 13.5. The molecule has 3 N–H and O–H groups in total. The van der Waals surface area contributed by atoms with E-state index in [1.165, 1.54) is 0 Å². The van der Waals surface area contributed by atoms with E-state index in [9.17, 15) is 4.79 Å². The van der Waals surface area contributed by atoms with Crippen LogP contribution in [0.15, 0.2) is 24.3 Å². The summed E-state index contributed by atoms with van der Waals surface area (Å²) < 4.78 is 0. The van der Waals surface area contributed by atoms with E-state index in [0.717, 1.165) is 0 Å². The lowest BCUT2D eigenvalue weighted by Crippen LogP contribution is -2.33. The van der Waals surface area contributed by atoms with Gasteiger partial charge in [-0.2, -0.15) is 5.26 Å². The number of carbonyl (C=O) groups excluding carboxylic acids is 1. The smallest absolute Gasteiger partial charge is 0.238 e. The second-order valence-corrected chi connectivity index (χ2v) is 3.77. The number of nitrogens with zero attached hydrogens (tertiary/aromatic N) is 2. The number of nitrogens with two attached hydrogens (primary N) is 1. The van der Waals surface area contributed by atoms with Gasteiger partial charge >= 0.3 is 0 Å². The molecule has 0 radical (unpaired) electrons. The molecule has 0 atom stereocenters. The third kappa shape index (κ3) is 4.64. The standard InChI is InChI=1S/C12H16N4O/c1-16(6-5-13)9-12(17)15-11-4-2-3-10(7-11)8-14/h2-4,7H,5-6,9,13H2,1H3,(H,15,17). The first-order valence-electron chi connectivity index (χ1n) is 5.34. The molecular formula is C12H16N4O. The maximum atomic E-state index is 11.6. The third-order valence-electron chi connectivity index (χ3n) is 2.20. The fourth-order valence-corrected chi connectivity index (χ4v) is 1.41. The number of likely N-dealkylation sites (N-methyl/N-ethyl adjacent to an activating group) is 1. The Labute approximate surface area is 101 Å².